The van der Waals surface area contributed by atoms with Crippen molar-refractivity contribution in [2.45, 2.75) is 38.1 Å². The molecule has 5 nitrogen and oxygen atoms in total. The Morgan fingerprint density at radius 2 is 2.19 bits per heavy atom. The Hall–Kier alpha value is -1.10. The van der Waals surface area contributed by atoms with Gasteiger partial charge in [0.1, 0.15) is 6.04 Å². The third kappa shape index (κ3) is 3.48. The Bertz CT molecular complexity index is 254. The minimum Gasteiger partial charge on any atom is -0.480 e. The lowest BCUT2D eigenvalue weighted by atomic mass is 10.2. The van der Waals surface area contributed by atoms with Gasteiger partial charge in [0, 0.05) is 26.7 Å². The van der Waals surface area contributed by atoms with Crippen LogP contribution < -0.4 is 0 Å². The smallest absolute Gasteiger partial charge is 0.326 e. The number of carboxylic acids is 1. The predicted molar refractivity (Wildman–Crippen MR) is 58.1 cm³/mol. The molecule has 0 aromatic heterocycles. The van der Waals surface area contributed by atoms with Gasteiger partial charge < -0.3 is 14.7 Å². The van der Waals surface area contributed by atoms with Crippen LogP contribution in [-0.2, 0) is 14.3 Å². The first-order valence-corrected chi connectivity index (χ1v) is 5.68. The van der Waals surface area contributed by atoms with Crippen LogP contribution in [0.15, 0.2) is 0 Å². The van der Waals surface area contributed by atoms with Crippen molar-refractivity contribution < 1.29 is 19.4 Å². The zero-order valence-electron chi connectivity index (χ0n) is 9.65. The molecule has 0 radical (unpaired) electrons. The summed E-state index contributed by atoms with van der Waals surface area (Å²) < 4.78 is 4.89. The van der Waals surface area contributed by atoms with E-state index in [0.717, 1.165) is 19.3 Å². The molecule has 0 aliphatic carbocycles. The maximum Gasteiger partial charge on any atom is 0.326 e. The van der Waals surface area contributed by atoms with Crippen molar-refractivity contribution in [3.8, 4) is 0 Å². The Morgan fingerprint density at radius 3 is 2.81 bits per heavy atom. The summed E-state index contributed by atoms with van der Waals surface area (Å²) in [4.78, 5) is 24.1. The molecule has 1 saturated heterocycles. The Morgan fingerprint density at radius 1 is 1.44 bits per heavy atom. The van der Waals surface area contributed by atoms with Gasteiger partial charge in [-0.1, -0.05) is 0 Å². The SMILES string of the molecule is COCCCCC(=O)N1CCC[C@@H]1C(=O)O. The van der Waals surface area contributed by atoms with E-state index in [4.69, 9.17) is 9.84 Å². The first kappa shape index (κ1) is 13.0. The third-order valence-corrected chi connectivity index (χ3v) is 2.85. The van der Waals surface area contributed by atoms with Crippen LogP contribution in [-0.4, -0.2) is 48.2 Å². The van der Waals surface area contributed by atoms with Crippen LogP contribution in [0.5, 0.6) is 0 Å². The molecule has 0 unspecified atom stereocenters. The van der Waals surface area contributed by atoms with Gasteiger partial charge in [-0.3, -0.25) is 4.79 Å². The number of hydrogen-bond acceptors (Lipinski definition) is 3. The van der Waals surface area contributed by atoms with Gasteiger partial charge in [-0.2, -0.15) is 0 Å². The molecule has 0 saturated carbocycles. The number of methoxy groups -OCH3 is 1. The lowest BCUT2D eigenvalue weighted by molar-refractivity contribution is -0.148. The zero-order chi connectivity index (χ0) is 12.0. The third-order valence-electron chi connectivity index (χ3n) is 2.85. The molecule has 1 atom stereocenters. The van der Waals surface area contributed by atoms with Gasteiger partial charge in [-0.05, 0) is 25.7 Å². The maximum atomic E-state index is 11.7. The number of carbonyl (C=O) groups excluding carboxylic acids is 1. The topological polar surface area (TPSA) is 66.8 Å². The van der Waals surface area contributed by atoms with Crippen molar-refractivity contribution >= 4 is 11.9 Å². The van der Waals surface area contributed by atoms with E-state index < -0.39 is 12.0 Å². The molecule has 0 bridgehead atoms. The number of carbonyl (C=O) groups is 2. The van der Waals surface area contributed by atoms with E-state index in [2.05, 4.69) is 0 Å². The van der Waals surface area contributed by atoms with Crippen molar-refractivity contribution in [3.05, 3.63) is 0 Å². The highest BCUT2D eigenvalue weighted by Crippen LogP contribution is 2.19. The van der Waals surface area contributed by atoms with Crippen molar-refractivity contribution in [1.29, 1.82) is 0 Å². The van der Waals surface area contributed by atoms with Gasteiger partial charge in [0.15, 0.2) is 0 Å². The number of ether oxygens (including phenoxy) is 1. The first-order chi connectivity index (χ1) is 7.66. The van der Waals surface area contributed by atoms with E-state index in [1.807, 2.05) is 0 Å². The molecule has 0 aromatic rings. The van der Waals surface area contributed by atoms with Crippen LogP contribution in [0.4, 0.5) is 0 Å². The fourth-order valence-electron chi connectivity index (χ4n) is 1.99. The van der Waals surface area contributed by atoms with Gasteiger partial charge in [0.2, 0.25) is 5.91 Å². The highest BCUT2D eigenvalue weighted by Gasteiger charge is 2.33. The summed E-state index contributed by atoms with van der Waals surface area (Å²) in [7, 11) is 1.63. The number of nitrogens with zero attached hydrogens (tertiary/aromatic N) is 1. The van der Waals surface area contributed by atoms with E-state index in [9.17, 15) is 9.59 Å². The normalized spacial score (nSPS) is 20.1. The summed E-state index contributed by atoms with van der Waals surface area (Å²) in [6, 6.07) is -0.602. The lowest BCUT2D eigenvalue weighted by Gasteiger charge is -2.21. The number of likely N-dealkylation sites (tertiary alicyclic amines) is 1. The van der Waals surface area contributed by atoms with Crippen molar-refractivity contribution in [2.75, 3.05) is 20.3 Å². The molecule has 1 rings (SSSR count). The van der Waals surface area contributed by atoms with E-state index in [-0.39, 0.29) is 5.91 Å². The highest BCUT2D eigenvalue weighted by atomic mass is 16.5. The van der Waals surface area contributed by atoms with Gasteiger partial charge in [-0.15, -0.1) is 0 Å². The van der Waals surface area contributed by atoms with Crippen LogP contribution in [0.2, 0.25) is 0 Å². The summed E-state index contributed by atoms with van der Waals surface area (Å²) in [6.45, 7) is 1.23. The Kier molecular flexibility index (Phi) is 5.25. The average molecular weight is 229 g/mol. The second-order valence-corrected chi connectivity index (χ2v) is 4.03. The van der Waals surface area contributed by atoms with Crippen LogP contribution in [0.25, 0.3) is 0 Å². The van der Waals surface area contributed by atoms with Crippen molar-refractivity contribution in [2.24, 2.45) is 0 Å². The largest absolute Gasteiger partial charge is 0.480 e. The molecule has 16 heavy (non-hydrogen) atoms. The second kappa shape index (κ2) is 6.48. The quantitative estimate of drug-likeness (QED) is 0.686. The maximum absolute atomic E-state index is 11.7. The van der Waals surface area contributed by atoms with Gasteiger partial charge in [-0.25, -0.2) is 4.79 Å². The standard InChI is InChI=1S/C11H19NO4/c1-16-8-3-2-6-10(13)12-7-4-5-9(12)11(14)15/h9H,2-8H2,1H3,(H,14,15)/t9-/m1/s1. The molecule has 1 amide bonds. The van der Waals surface area contributed by atoms with Crippen LogP contribution in [0, 0.1) is 0 Å². The molecule has 1 aliphatic rings. The molecular formula is C11H19NO4. The number of carboxylic acid groups (broad SMARTS) is 1. The molecule has 92 valence electrons. The fraction of sp³-hybridized carbons (Fsp3) is 0.818. The molecule has 0 aromatic carbocycles. The monoisotopic (exact) mass is 229 g/mol. The molecule has 1 fully saturated rings. The first-order valence-electron chi connectivity index (χ1n) is 5.68. The molecular weight excluding hydrogens is 210 g/mol. The number of rotatable bonds is 6. The number of unbranched alkanes of at least 4 members (excludes halogenated alkanes) is 1. The molecule has 0 spiro atoms. The molecule has 1 N–H and O–H groups in total. The van der Waals surface area contributed by atoms with E-state index >= 15 is 0 Å². The van der Waals surface area contributed by atoms with E-state index in [0.29, 0.717) is 26.0 Å². The van der Waals surface area contributed by atoms with Gasteiger partial charge in [0.25, 0.3) is 0 Å². The molecule has 1 aliphatic heterocycles. The number of amides is 1. The van der Waals surface area contributed by atoms with Gasteiger partial charge in [0.05, 0.1) is 0 Å². The minimum absolute atomic E-state index is 0.0407. The highest BCUT2D eigenvalue weighted by molar-refractivity contribution is 5.84. The van der Waals surface area contributed by atoms with Crippen molar-refractivity contribution in [3.63, 3.8) is 0 Å². The minimum atomic E-state index is -0.886. The molecule has 5 heteroatoms. The fourth-order valence-corrected chi connectivity index (χ4v) is 1.99. The van der Waals surface area contributed by atoms with Crippen LogP contribution >= 0.6 is 0 Å². The van der Waals surface area contributed by atoms with Crippen LogP contribution in [0.3, 0.4) is 0 Å². The van der Waals surface area contributed by atoms with Crippen LogP contribution in [0.1, 0.15) is 32.1 Å². The predicted octanol–water partition coefficient (Wildman–Crippen LogP) is 0.879. The Balaban J connectivity index is 2.32. The lowest BCUT2D eigenvalue weighted by Crippen LogP contribution is -2.40. The van der Waals surface area contributed by atoms with E-state index in [1.165, 1.54) is 4.90 Å². The summed E-state index contributed by atoms with van der Waals surface area (Å²) in [5.74, 6) is -0.927. The summed E-state index contributed by atoms with van der Waals surface area (Å²) in [5, 5.41) is 8.93. The zero-order valence-corrected chi connectivity index (χ0v) is 9.65. The summed E-state index contributed by atoms with van der Waals surface area (Å²) >= 11 is 0. The van der Waals surface area contributed by atoms with E-state index in [1.54, 1.807) is 7.11 Å². The van der Waals surface area contributed by atoms with Gasteiger partial charge >= 0.3 is 5.97 Å². The average Bonchev–Trinajstić information content (AvgIpc) is 2.73. The number of hydrogen-bond donors (Lipinski definition) is 1. The summed E-state index contributed by atoms with van der Waals surface area (Å²) in [6.07, 6.45) is 3.40. The second-order valence-electron chi connectivity index (χ2n) is 4.03. The molecule has 1 heterocycles. The number of aliphatic carboxylic acids is 1. The summed E-state index contributed by atoms with van der Waals surface area (Å²) in [5.41, 5.74) is 0. The van der Waals surface area contributed by atoms with Crippen molar-refractivity contribution in [1.82, 2.24) is 4.90 Å². The Labute approximate surface area is 95.4 Å².